The van der Waals surface area contributed by atoms with Crippen LogP contribution in [0.15, 0.2) is 6.20 Å². The lowest BCUT2D eigenvalue weighted by atomic mass is 10.2. The lowest BCUT2D eigenvalue weighted by molar-refractivity contribution is 0.118. The predicted octanol–water partition coefficient (Wildman–Crippen LogP) is 2.53. The normalized spacial score (nSPS) is 10.5. The zero-order valence-electron chi connectivity index (χ0n) is 9.16. The summed E-state index contributed by atoms with van der Waals surface area (Å²) < 4.78 is 5.53. The van der Waals surface area contributed by atoms with Crippen LogP contribution in [-0.4, -0.2) is 11.6 Å². The van der Waals surface area contributed by atoms with Crippen molar-refractivity contribution in [3.05, 3.63) is 11.1 Å². The molecule has 5 heteroatoms. The Bertz CT molecular complexity index is 265. The van der Waals surface area contributed by atoms with Crippen LogP contribution in [0.1, 0.15) is 37.5 Å². The van der Waals surface area contributed by atoms with E-state index in [1.807, 2.05) is 0 Å². The van der Waals surface area contributed by atoms with Crippen molar-refractivity contribution in [2.75, 3.05) is 12.0 Å². The number of nitrogens with zero attached hydrogens (tertiary/aromatic N) is 1. The van der Waals surface area contributed by atoms with Gasteiger partial charge in [0, 0.05) is 12.8 Å². The molecule has 15 heavy (non-hydrogen) atoms. The van der Waals surface area contributed by atoms with E-state index in [0.29, 0.717) is 6.61 Å². The summed E-state index contributed by atoms with van der Waals surface area (Å²) in [6.45, 7) is 3.69. The Labute approximate surface area is 94.8 Å². The predicted molar refractivity (Wildman–Crippen MR) is 63.7 cm³/mol. The number of hydrogen-bond acceptors (Lipinski definition) is 5. The van der Waals surface area contributed by atoms with E-state index in [1.165, 1.54) is 30.6 Å². The summed E-state index contributed by atoms with van der Waals surface area (Å²) in [5.41, 5.74) is 2.52. The molecule has 0 amide bonds. The molecule has 1 rings (SSSR count). The zero-order chi connectivity index (χ0) is 10.9. The molecule has 0 aliphatic rings. The number of nitrogens with two attached hydrogens (primary N) is 1. The van der Waals surface area contributed by atoms with E-state index >= 15 is 0 Å². The second kappa shape index (κ2) is 7.62. The molecule has 0 unspecified atom stereocenters. The SMILES string of the molecule is CCCCCCOCc1cnc(NN)s1. The number of anilines is 1. The van der Waals surface area contributed by atoms with Gasteiger partial charge in [0.25, 0.3) is 0 Å². The smallest absolute Gasteiger partial charge is 0.197 e. The van der Waals surface area contributed by atoms with Gasteiger partial charge < -0.3 is 4.74 Å². The van der Waals surface area contributed by atoms with Crippen molar-refractivity contribution in [2.45, 2.75) is 39.2 Å². The molecule has 0 atom stereocenters. The Hall–Kier alpha value is -0.650. The molecule has 4 nitrogen and oxygen atoms in total. The standard InChI is InChI=1S/C10H19N3OS/c1-2-3-4-5-6-14-8-9-7-12-10(13-11)15-9/h7H,2-6,8,11H2,1H3,(H,12,13). The van der Waals surface area contributed by atoms with E-state index in [2.05, 4.69) is 17.3 Å². The van der Waals surface area contributed by atoms with E-state index in [0.717, 1.165) is 23.0 Å². The molecule has 0 aromatic carbocycles. The third-order valence-electron chi connectivity index (χ3n) is 2.06. The molecule has 86 valence electrons. The molecule has 0 fully saturated rings. The maximum Gasteiger partial charge on any atom is 0.197 e. The molecule has 3 N–H and O–H groups in total. The fourth-order valence-corrected chi connectivity index (χ4v) is 1.90. The molecule has 0 aliphatic heterocycles. The third-order valence-corrected chi connectivity index (χ3v) is 2.97. The molecule has 0 aliphatic carbocycles. The maximum atomic E-state index is 5.53. The van der Waals surface area contributed by atoms with E-state index in [-0.39, 0.29) is 0 Å². The summed E-state index contributed by atoms with van der Waals surface area (Å²) in [5, 5.41) is 0.736. The monoisotopic (exact) mass is 229 g/mol. The summed E-state index contributed by atoms with van der Waals surface area (Å²) >= 11 is 1.53. The van der Waals surface area contributed by atoms with Gasteiger partial charge in [-0.1, -0.05) is 37.5 Å². The first kappa shape index (κ1) is 12.4. The van der Waals surface area contributed by atoms with Gasteiger partial charge >= 0.3 is 0 Å². The number of nitrogen functional groups attached to an aromatic ring is 1. The van der Waals surface area contributed by atoms with Crippen LogP contribution in [0.3, 0.4) is 0 Å². The number of hydrogen-bond donors (Lipinski definition) is 2. The molecule has 0 saturated heterocycles. The highest BCUT2D eigenvalue weighted by Crippen LogP contribution is 2.17. The minimum absolute atomic E-state index is 0.644. The van der Waals surface area contributed by atoms with Gasteiger partial charge in [0.2, 0.25) is 0 Å². The summed E-state index contributed by atoms with van der Waals surface area (Å²) in [6, 6.07) is 0. The Balaban J connectivity index is 2.04. The Morgan fingerprint density at radius 3 is 3.00 bits per heavy atom. The number of rotatable bonds is 8. The first-order valence-corrected chi connectivity index (χ1v) is 6.17. The molecular formula is C10H19N3OS. The first-order chi connectivity index (χ1) is 7.36. The van der Waals surface area contributed by atoms with Crippen LogP contribution in [0.5, 0.6) is 0 Å². The van der Waals surface area contributed by atoms with Crippen LogP contribution < -0.4 is 11.3 Å². The van der Waals surface area contributed by atoms with E-state index in [4.69, 9.17) is 10.6 Å². The molecular weight excluding hydrogens is 210 g/mol. The van der Waals surface area contributed by atoms with Gasteiger partial charge in [0.15, 0.2) is 5.13 Å². The number of ether oxygens (including phenoxy) is 1. The average molecular weight is 229 g/mol. The third kappa shape index (κ3) is 5.11. The number of hydrazine groups is 1. The molecule has 1 aromatic rings. The van der Waals surface area contributed by atoms with Crippen molar-refractivity contribution in [1.82, 2.24) is 4.98 Å². The number of nitrogens with one attached hydrogen (secondary N) is 1. The van der Waals surface area contributed by atoms with Gasteiger partial charge in [-0.2, -0.15) is 0 Å². The van der Waals surface area contributed by atoms with Gasteiger partial charge in [-0.25, -0.2) is 10.8 Å². The quantitative estimate of drug-likeness (QED) is 0.408. The van der Waals surface area contributed by atoms with Crippen LogP contribution in [0, 0.1) is 0 Å². The highest BCUT2D eigenvalue weighted by molar-refractivity contribution is 7.15. The highest BCUT2D eigenvalue weighted by atomic mass is 32.1. The van der Waals surface area contributed by atoms with Crippen molar-refractivity contribution in [1.29, 1.82) is 0 Å². The van der Waals surface area contributed by atoms with Gasteiger partial charge in [-0.05, 0) is 6.42 Å². The Morgan fingerprint density at radius 2 is 2.33 bits per heavy atom. The zero-order valence-corrected chi connectivity index (χ0v) is 9.98. The summed E-state index contributed by atoms with van der Waals surface area (Å²) in [4.78, 5) is 5.18. The molecule has 1 aromatic heterocycles. The van der Waals surface area contributed by atoms with Crippen LogP contribution in [0.4, 0.5) is 5.13 Å². The van der Waals surface area contributed by atoms with Crippen LogP contribution >= 0.6 is 11.3 Å². The van der Waals surface area contributed by atoms with Gasteiger partial charge in [0.1, 0.15) is 0 Å². The van der Waals surface area contributed by atoms with E-state index in [9.17, 15) is 0 Å². The minimum Gasteiger partial charge on any atom is -0.376 e. The van der Waals surface area contributed by atoms with Crippen molar-refractivity contribution in [3.8, 4) is 0 Å². The van der Waals surface area contributed by atoms with Crippen molar-refractivity contribution >= 4 is 16.5 Å². The van der Waals surface area contributed by atoms with Gasteiger partial charge in [-0.3, -0.25) is 5.43 Å². The molecule has 0 spiro atoms. The summed E-state index contributed by atoms with van der Waals surface area (Å²) in [7, 11) is 0. The molecule has 0 bridgehead atoms. The first-order valence-electron chi connectivity index (χ1n) is 5.36. The van der Waals surface area contributed by atoms with Crippen LogP contribution in [-0.2, 0) is 11.3 Å². The van der Waals surface area contributed by atoms with Crippen molar-refractivity contribution in [2.24, 2.45) is 5.84 Å². The summed E-state index contributed by atoms with van der Waals surface area (Å²) in [6.07, 6.45) is 6.76. The van der Waals surface area contributed by atoms with Crippen molar-refractivity contribution < 1.29 is 4.74 Å². The fourth-order valence-electron chi connectivity index (χ4n) is 1.24. The Kier molecular flexibility index (Phi) is 6.31. The number of thiazole rings is 1. The number of unbranched alkanes of at least 4 members (excludes halogenated alkanes) is 3. The second-order valence-electron chi connectivity index (χ2n) is 3.39. The lowest BCUT2D eigenvalue weighted by Gasteiger charge is -2.01. The fraction of sp³-hybridized carbons (Fsp3) is 0.700. The summed E-state index contributed by atoms with van der Waals surface area (Å²) in [5.74, 6) is 5.23. The molecule has 1 heterocycles. The largest absolute Gasteiger partial charge is 0.376 e. The van der Waals surface area contributed by atoms with Gasteiger partial charge in [-0.15, -0.1) is 0 Å². The maximum absolute atomic E-state index is 5.53. The van der Waals surface area contributed by atoms with E-state index < -0.39 is 0 Å². The van der Waals surface area contributed by atoms with Crippen molar-refractivity contribution in [3.63, 3.8) is 0 Å². The average Bonchev–Trinajstić information content (AvgIpc) is 2.71. The second-order valence-corrected chi connectivity index (χ2v) is 4.50. The lowest BCUT2D eigenvalue weighted by Crippen LogP contribution is -2.05. The molecule has 0 radical (unpaired) electrons. The van der Waals surface area contributed by atoms with Gasteiger partial charge in [0.05, 0.1) is 11.5 Å². The van der Waals surface area contributed by atoms with Crippen LogP contribution in [0.25, 0.3) is 0 Å². The number of aromatic nitrogens is 1. The Morgan fingerprint density at radius 1 is 1.47 bits per heavy atom. The van der Waals surface area contributed by atoms with Crippen LogP contribution in [0.2, 0.25) is 0 Å². The minimum atomic E-state index is 0.644. The topological polar surface area (TPSA) is 60.2 Å². The molecule has 0 saturated carbocycles. The highest BCUT2D eigenvalue weighted by Gasteiger charge is 1.99. The van der Waals surface area contributed by atoms with E-state index in [1.54, 1.807) is 6.20 Å².